The second kappa shape index (κ2) is 7.19. The number of thioether (sulfide) groups is 2. The van der Waals surface area contributed by atoms with Gasteiger partial charge in [-0.15, -0.1) is 0 Å². The molecular formula is C13H19NOS2. The summed E-state index contributed by atoms with van der Waals surface area (Å²) in [5, 5.41) is 4.32. The molecule has 1 aromatic rings. The zero-order valence-corrected chi connectivity index (χ0v) is 11.8. The summed E-state index contributed by atoms with van der Waals surface area (Å²) in [5.41, 5.74) is 1.32. The van der Waals surface area contributed by atoms with Crippen molar-refractivity contribution in [2.45, 2.75) is 11.8 Å². The summed E-state index contributed by atoms with van der Waals surface area (Å²) >= 11 is 4.18. The molecule has 1 unspecified atom stereocenters. The van der Waals surface area contributed by atoms with Gasteiger partial charge in [0.25, 0.3) is 0 Å². The van der Waals surface area contributed by atoms with Crippen LogP contribution in [0, 0.1) is 0 Å². The maximum atomic E-state index is 5.14. The van der Waals surface area contributed by atoms with E-state index < -0.39 is 0 Å². The Morgan fingerprint density at radius 1 is 1.29 bits per heavy atom. The first-order valence-corrected chi connectivity index (χ1v) is 8.12. The average molecular weight is 269 g/mol. The number of ether oxygens (including phenoxy) is 1. The van der Waals surface area contributed by atoms with Gasteiger partial charge in [0.15, 0.2) is 0 Å². The van der Waals surface area contributed by atoms with Crippen LogP contribution in [-0.4, -0.2) is 36.2 Å². The van der Waals surface area contributed by atoms with Gasteiger partial charge in [0.1, 0.15) is 5.75 Å². The van der Waals surface area contributed by atoms with Crippen molar-refractivity contribution in [3.8, 4) is 5.75 Å². The highest BCUT2D eigenvalue weighted by Crippen LogP contribution is 2.23. The third-order valence-corrected chi connectivity index (χ3v) is 5.59. The fraction of sp³-hybridized carbons (Fsp3) is 0.538. The molecule has 1 aliphatic rings. The molecule has 1 saturated heterocycles. The molecule has 0 aromatic heterocycles. The van der Waals surface area contributed by atoms with Crippen molar-refractivity contribution in [3.05, 3.63) is 29.8 Å². The number of benzene rings is 1. The van der Waals surface area contributed by atoms with E-state index in [1.54, 1.807) is 7.11 Å². The van der Waals surface area contributed by atoms with E-state index in [4.69, 9.17) is 4.74 Å². The molecule has 4 heteroatoms. The first-order valence-electron chi connectivity index (χ1n) is 5.91. The largest absolute Gasteiger partial charge is 0.497 e. The van der Waals surface area contributed by atoms with Crippen LogP contribution >= 0.6 is 23.5 Å². The number of hydrogen-bond acceptors (Lipinski definition) is 4. The van der Waals surface area contributed by atoms with Crippen LogP contribution < -0.4 is 10.1 Å². The lowest BCUT2D eigenvalue weighted by molar-refractivity contribution is 0.414. The van der Waals surface area contributed by atoms with E-state index in [1.165, 1.54) is 22.8 Å². The van der Waals surface area contributed by atoms with Gasteiger partial charge in [-0.2, -0.15) is 23.5 Å². The summed E-state index contributed by atoms with van der Waals surface area (Å²) < 4.78 is 5.14. The van der Waals surface area contributed by atoms with Gasteiger partial charge in [0, 0.05) is 35.6 Å². The van der Waals surface area contributed by atoms with E-state index in [1.807, 2.05) is 12.1 Å². The maximum Gasteiger partial charge on any atom is 0.118 e. The molecule has 0 amide bonds. The van der Waals surface area contributed by atoms with Crippen molar-refractivity contribution in [2.24, 2.45) is 0 Å². The van der Waals surface area contributed by atoms with E-state index in [9.17, 15) is 0 Å². The molecule has 1 heterocycles. The summed E-state index contributed by atoms with van der Waals surface area (Å²) in [5.74, 6) is 4.84. The number of rotatable bonds is 5. The maximum absolute atomic E-state index is 5.14. The lowest BCUT2D eigenvalue weighted by Gasteiger charge is -2.21. The second-order valence-corrected chi connectivity index (χ2v) is 6.60. The minimum atomic E-state index is 0.784. The van der Waals surface area contributed by atoms with Gasteiger partial charge >= 0.3 is 0 Å². The van der Waals surface area contributed by atoms with Crippen LogP contribution in [0.2, 0.25) is 0 Å². The third kappa shape index (κ3) is 4.45. The van der Waals surface area contributed by atoms with Crippen LogP contribution in [0.5, 0.6) is 5.75 Å². The molecule has 1 aromatic carbocycles. The highest BCUT2D eigenvalue weighted by molar-refractivity contribution is 8.06. The van der Waals surface area contributed by atoms with Gasteiger partial charge in [-0.25, -0.2) is 0 Å². The van der Waals surface area contributed by atoms with Crippen LogP contribution in [0.3, 0.4) is 0 Å². The number of hydrogen-bond donors (Lipinski definition) is 1. The fourth-order valence-electron chi connectivity index (χ4n) is 1.78. The van der Waals surface area contributed by atoms with E-state index >= 15 is 0 Å². The van der Waals surface area contributed by atoms with Gasteiger partial charge in [-0.3, -0.25) is 0 Å². The monoisotopic (exact) mass is 269 g/mol. The van der Waals surface area contributed by atoms with Crippen molar-refractivity contribution in [2.75, 3.05) is 30.9 Å². The molecule has 17 heavy (non-hydrogen) atoms. The normalized spacial score (nSPS) is 20.2. The summed E-state index contributed by atoms with van der Waals surface area (Å²) in [6.07, 6.45) is 0. The fourth-order valence-corrected chi connectivity index (χ4v) is 4.42. The molecule has 1 aliphatic heterocycles. The molecule has 1 fully saturated rings. The molecule has 2 rings (SSSR count). The zero-order chi connectivity index (χ0) is 11.9. The average Bonchev–Trinajstić information content (AvgIpc) is 2.41. The van der Waals surface area contributed by atoms with Gasteiger partial charge in [-0.05, 0) is 17.7 Å². The Morgan fingerprint density at radius 3 is 2.76 bits per heavy atom. The van der Waals surface area contributed by atoms with Crippen molar-refractivity contribution in [3.63, 3.8) is 0 Å². The lowest BCUT2D eigenvalue weighted by atomic mass is 10.2. The topological polar surface area (TPSA) is 21.3 Å². The predicted octanol–water partition coefficient (Wildman–Crippen LogP) is 2.63. The highest BCUT2D eigenvalue weighted by Gasteiger charge is 2.13. The second-order valence-electron chi connectivity index (χ2n) is 4.05. The Hall–Kier alpha value is -0.320. The molecule has 0 saturated carbocycles. The Labute approximate surface area is 112 Å². The van der Waals surface area contributed by atoms with Crippen LogP contribution in [-0.2, 0) is 6.54 Å². The molecule has 1 atom stereocenters. The van der Waals surface area contributed by atoms with Crippen LogP contribution in [0.15, 0.2) is 24.3 Å². The Balaban J connectivity index is 1.69. The first-order chi connectivity index (χ1) is 8.38. The van der Waals surface area contributed by atoms with Gasteiger partial charge in [0.2, 0.25) is 0 Å². The summed E-state index contributed by atoms with van der Waals surface area (Å²) in [4.78, 5) is 0. The number of nitrogens with one attached hydrogen (secondary N) is 1. The smallest absolute Gasteiger partial charge is 0.118 e. The van der Waals surface area contributed by atoms with E-state index in [-0.39, 0.29) is 0 Å². The summed E-state index contributed by atoms with van der Waals surface area (Å²) in [6, 6.07) is 8.27. The Morgan fingerprint density at radius 2 is 2.12 bits per heavy atom. The molecule has 0 aliphatic carbocycles. The molecule has 94 valence electrons. The molecule has 0 radical (unpaired) electrons. The Kier molecular flexibility index (Phi) is 5.55. The van der Waals surface area contributed by atoms with Crippen LogP contribution in [0.1, 0.15) is 5.56 Å². The standard InChI is InChI=1S/C13H19NOS2/c1-15-12-4-2-11(3-5-12)8-14-9-13-10-16-6-7-17-13/h2-5,13-14H,6-10H2,1H3. The number of methoxy groups -OCH3 is 1. The molecule has 2 nitrogen and oxygen atoms in total. The third-order valence-electron chi connectivity index (χ3n) is 2.75. The van der Waals surface area contributed by atoms with Crippen molar-refractivity contribution in [1.29, 1.82) is 0 Å². The minimum absolute atomic E-state index is 0.784. The van der Waals surface area contributed by atoms with Crippen molar-refractivity contribution >= 4 is 23.5 Å². The summed E-state index contributed by atoms with van der Waals surface area (Å²) in [6.45, 7) is 2.06. The van der Waals surface area contributed by atoms with Crippen molar-refractivity contribution in [1.82, 2.24) is 5.32 Å². The molecule has 1 N–H and O–H groups in total. The minimum Gasteiger partial charge on any atom is -0.497 e. The quantitative estimate of drug-likeness (QED) is 0.887. The molecular weight excluding hydrogens is 250 g/mol. The highest BCUT2D eigenvalue weighted by atomic mass is 32.2. The van der Waals surface area contributed by atoms with Crippen LogP contribution in [0.25, 0.3) is 0 Å². The SMILES string of the molecule is COc1ccc(CNCC2CSCCS2)cc1. The Bertz CT molecular complexity index is 323. The zero-order valence-electron chi connectivity index (χ0n) is 10.1. The van der Waals surface area contributed by atoms with Gasteiger partial charge < -0.3 is 10.1 Å². The van der Waals surface area contributed by atoms with E-state index in [0.29, 0.717) is 0 Å². The van der Waals surface area contributed by atoms with Gasteiger partial charge in [0.05, 0.1) is 7.11 Å². The van der Waals surface area contributed by atoms with Crippen molar-refractivity contribution < 1.29 is 4.74 Å². The molecule has 0 bridgehead atoms. The molecule has 0 spiro atoms. The summed E-state index contributed by atoms with van der Waals surface area (Å²) in [7, 11) is 1.70. The van der Waals surface area contributed by atoms with E-state index in [0.717, 1.165) is 24.1 Å². The van der Waals surface area contributed by atoms with Crippen LogP contribution in [0.4, 0.5) is 0 Å². The van der Waals surface area contributed by atoms with Gasteiger partial charge in [-0.1, -0.05) is 12.1 Å². The predicted molar refractivity (Wildman–Crippen MR) is 78.3 cm³/mol. The van der Waals surface area contributed by atoms with E-state index in [2.05, 4.69) is 41.0 Å². The first kappa shape index (κ1) is 13.1. The lowest BCUT2D eigenvalue weighted by Crippen LogP contribution is -2.28.